The topological polar surface area (TPSA) is 55.9 Å². The van der Waals surface area contributed by atoms with Crippen molar-refractivity contribution in [3.05, 3.63) is 36.5 Å². The van der Waals surface area contributed by atoms with Crippen LogP contribution in [0.25, 0.3) is 0 Å². The van der Waals surface area contributed by atoms with Gasteiger partial charge in [0.25, 0.3) is 0 Å². The monoisotopic (exact) mass is 379 g/mol. The molecule has 1 aromatic heterocycles. The van der Waals surface area contributed by atoms with Crippen molar-refractivity contribution in [2.75, 3.05) is 32.2 Å². The summed E-state index contributed by atoms with van der Waals surface area (Å²) in [6.07, 6.45) is 3.14. The summed E-state index contributed by atoms with van der Waals surface area (Å²) in [7, 11) is 3.10. The van der Waals surface area contributed by atoms with Crippen LogP contribution in [0.2, 0.25) is 0 Å². The molecule has 2 aromatic rings. The summed E-state index contributed by atoms with van der Waals surface area (Å²) in [6.45, 7) is -1.12. The van der Waals surface area contributed by atoms with Crippen LogP contribution < -0.4 is 24.4 Å². The predicted molar refractivity (Wildman–Crippen MR) is 98.4 cm³/mol. The number of ether oxygens (including phenoxy) is 3. The first-order valence-electron chi connectivity index (χ1n) is 8.75. The normalized spacial score (nSPS) is 14.9. The number of nitrogens with one attached hydrogen (secondary N) is 1. The smallest absolute Gasteiger partial charge is 0.387 e. The average molecular weight is 379 g/mol. The summed E-state index contributed by atoms with van der Waals surface area (Å²) in [5.41, 5.74) is 0.927. The van der Waals surface area contributed by atoms with Crippen LogP contribution in [0.15, 0.2) is 36.5 Å². The largest absolute Gasteiger partial charge is 0.497 e. The van der Waals surface area contributed by atoms with Crippen molar-refractivity contribution in [3.8, 4) is 17.2 Å². The number of halogens is 2. The average Bonchev–Trinajstić information content (AvgIpc) is 2.70. The molecule has 0 spiro atoms. The lowest BCUT2D eigenvalue weighted by Crippen LogP contribution is -2.41. The van der Waals surface area contributed by atoms with E-state index in [1.807, 2.05) is 24.3 Å². The molecule has 146 valence electrons. The molecule has 1 saturated heterocycles. The lowest BCUT2D eigenvalue weighted by molar-refractivity contribution is -0.0501. The Hall–Kier alpha value is -2.61. The Bertz CT molecular complexity index is 737. The number of benzene rings is 1. The molecule has 0 bridgehead atoms. The summed E-state index contributed by atoms with van der Waals surface area (Å²) in [5.74, 6) is 1.66. The molecule has 1 aliphatic rings. The zero-order valence-corrected chi connectivity index (χ0v) is 15.3. The van der Waals surface area contributed by atoms with Crippen LogP contribution >= 0.6 is 0 Å². The molecule has 8 heteroatoms. The van der Waals surface area contributed by atoms with E-state index in [-0.39, 0.29) is 11.8 Å². The van der Waals surface area contributed by atoms with Gasteiger partial charge in [-0.1, -0.05) is 0 Å². The molecule has 0 saturated carbocycles. The van der Waals surface area contributed by atoms with Gasteiger partial charge in [0.1, 0.15) is 11.5 Å². The second-order valence-electron chi connectivity index (χ2n) is 6.12. The van der Waals surface area contributed by atoms with E-state index in [9.17, 15) is 8.78 Å². The standard InChI is InChI=1S/C19H23F2N3O3/c1-25-15-5-3-13(4-6-15)24(14-7-9-22-10-8-14)18-17(26-2)11-16(12-23-18)27-19(20)21/h3-6,11-12,14,19,22H,7-10H2,1-2H3. The van der Waals surface area contributed by atoms with Crippen LogP contribution in [-0.2, 0) is 0 Å². The van der Waals surface area contributed by atoms with E-state index in [0.717, 1.165) is 37.4 Å². The highest BCUT2D eigenvalue weighted by Gasteiger charge is 2.27. The van der Waals surface area contributed by atoms with Crippen LogP contribution in [0.1, 0.15) is 12.8 Å². The Morgan fingerprint density at radius 3 is 2.37 bits per heavy atom. The van der Waals surface area contributed by atoms with Gasteiger partial charge < -0.3 is 24.4 Å². The number of aromatic nitrogens is 1. The third-order valence-electron chi connectivity index (χ3n) is 4.51. The molecular weight excluding hydrogens is 356 g/mol. The van der Waals surface area contributed by atoms with Gasteiger partial charge in [0.05, 0.1) is 20.4 Å². The molecule has 1 aliphatic heterocycles. The first-order valence-corrected chi connectivity index (χ1v) is 8.75. The Morgan fingerprint density at radius 2 is 1.78 bits per heavy atom. The third kappa shape index (κ3) is 4.57. The maximum Gasteiger partial charge on any atom is 0.387 e. The second kappa shape index (κ2) is 8.85. The van der Waals surface area contributed by atoms with Gasteiger partial charge in [0, 0.05) is 17.8 Å². The van der Waals surface area contributed by atoms with Gasteiger partial charge >= 0.3 is 6.61 Å². The molecule has 0 atom stereocenters. The van der Waals surface area contributed by atoms with Crippen LogP contribution in [0.4, 0.5) is 20.3 Å². The summed E-state index contributed by atoms with van der Waals surface area (Å²) in [6, 6.07) is 9.29. The van der Waals surface area contributed by atoms with Crippen molar-refractivity contribution in [3.63, 3.8) is 0 Å². The van der Waals surface area contributed by atoms with Crippen LogP contribution in [0.3, 0.4) is 0 Å². The van der Waals surface area contributed by atoms with Crippen LogP contribution in [0.5, 0.6) is 17.2 Å². The molecule has 1 aromatic carbocycles. The van der Waals surface area contributed by atoms with Gasteiger partial charge in [0.2, 0.25) is 0 Å². The van der Waals surface area contributed by atoms with Crippen molar-refractivity contribution in [2.24, 2.45) is 0 Å². The van der Waals surface area contributed by atoms with Crippen LogP contribution in [0, 0.1) is 0 Å². The van der Waals surface area contributed by atoms with E-state index in [0.29, 0.717) is 11.6 Å². The van der Waals surface area contributed by atoms with Crippen molar-refractivity contribution in [2.45, 2.75) is 25.5 Å². The molecule has 2 heterocycles. The van der Waals surface area contributed by atoms with Gasteiger partial charge in [-0.25, -0.2) is 4.98 Å². The fourth-order valence-electron chi connectivity index (χ4n) is 3.23. The van der Waals surface area contributed by atoms with Gasteiger partial charge in [-0.05, 0) is 50.2 Å². The van der Waals surface area contributed by atoms with E-state index in [1.165, 1.54) is 19.4 Å². The molecule has 6 nitrogen and oxygen atoms in total. The highest BCUT2D eigenvalue weighted by molar-refractivity contribution is 5.68. The SMILES string of the molecule is COc1ccc(N(c2ncc(OC(F)F)cc2OC)C2CCNCC2)cc1. The first-order chi connectivity index (χ1) is 13.1. The van der Waals surface area contributed by atoms with E-state index in [1.54, 1.807) is 7.11 Å². The Kier molecular flexibility index (Phi) is 6.28. The first kappa shape index (κ1) is 19.2. The van der Waals surface area contributed by atoms with Crippen molar-refractivity contribution in [1.29, 1.82) is 0 Å². The maximum absolute atomic E-state index is 12.5. The van der Waals surface area contributed by atoms with Gasteiger partial charge in [0.15, 0.2) is 11.6 Å². The number of methoxy groups -OCH3 is 2. The number of hydrogen-bond acceptors (Lipinski definition) is 6. The van der Waals surface area contributed by atoms with E-state index >= 15 is 0 Å². The summed E-state index contributed by atoms with van der Waals surface area (Å²) >= 11 is 0. The number of anilines is 2. The minimum Gasteiger partial charge on any atom is -0.497 e. The zero-order chi connectivity index (χ0) is 19.2. The van der Waals surface area contributed by atoms with E-state index in [4.69, 9.17) is 9.47 Å². The molecule has 0 amide bonds. The minimum atomic E-state index is -2.91. The van der Waals surface area contributed by atoms with Gasteiger partial charge in [-0.2, -0.15) is 8.78 Å². The fourth-order valence-corrected chi connectivity index (χ4v) is 3.23. The van der Waals surface area contributed by atoms with E-state index < -0.39 is 6.61 Å². The molecule has 1 fully saturated rings. The molecule has 27 heavy (non-hydrogen) atoms. The molecular formula is C19H23F2N3O3. The lowest BCUT2D eigenvalue weighted by Gasteiger charge is -2.36. The number of rotatable bonds is 7. The number of nitrogens with zero attached hydrogens (tertiary/aromatic N) is 2. The molecule has 0 radical (unpaired) electrons. The molecule has 0 aliphatic carbocycles. The number of pyridine rings is 1. The Morgan fingerprint density at radius 1 is 1.07 bits per heavy atom. The maximum atomic E-state index is 12.5. The minimum absolute atomic E-state index is 0.0365. The Balaban J connectivity index is 2.00. The quantitative estimate of drug-likeness (QED) is 0.794. The summed E-state index contributed by atoms with van der Waals surface area (Å²) < 4.78 is 40.2. The lowest BCUT2D eigenvalue weighted by atomic mass is 10.0. The Labute approximate surface area is 157 Å². The van der Waals surface area contributed by atoms with Crippen LogP contribution in [-0.4, -0.2) is 44.9 Å². The number of alkyl halides is 2. The molecule has 3 rings (SSSR count). The third-order valence-corrected chi connectivity index (χ3v) is 4.51. The fraction of sp³-hybridized carbons (Fsp3) is 0.421. The van der Waals surface area contributed by atoms with Gasteiger partial charge in [-0.15, -0.1) is 0 Å². The number of hydrogen-bond donors (Lipinski definition) is 1. The van der Waals surface area contributed by atoms with E-state index in [2.05, 4.69) is 19.9 Å². The highest BCUT2D eigenvalue weighted by atomic mass is 19.3. The highest BCUT2D eigenvalue weighted by Crippen LogP contribution is 2.38. The van der Waals surface area contributed by atoms with Gasteiger partial charge in [-0.3, -0.25) is 0 Å². The van der Waals surface area contributed by atoms with Crippen molar-refractivity contribution < 1.29 is 23.0 Å². The molecule has 0 unspecified atom stereocenters. The summed E-state index contributed by atoms with van der Waals surface area (Å²) in [4.78, 5) is 6.48. The molecule has 1 N–H and O–H groups in total. The number of piperidine rings is 1. The second-order valence-corrected chi connectivity index (χ2v) is 6.12. The van der Waals surface area contributed by atoms with Crippen molar-refractivity contribution in [1.82, 2.24) is 10.3 Å². The zero-order valence-electron chi connectivity index (χ0n) is 15.3. The van der Waals surface area contributed by atoms with Crippen molar-refractivity contribution >= 4 is 11.5 Å². The summed E-state index contributed by atoms with van der Waals surface area (Å²) in [5, 5.41) is 3.35. The predicted octanol–water partition coefficient (Wildman–Crippen LogP) is 3.59.